The summed E-state index contributed by atoms with van der Waals surface area (Å²) in [6.07, 6.45) is 0.229. The lowest BCUT2D eigenvalue weighted by molar-refractivity contribution is 0.619. The van der Waals surface area contributed by atoms with Gasteiger partial charge in [0.2, 0.25) is 0 Å². The normalized spacial score (nSPS) is 10.7. The van der Waals surface area contributed by atoms with Crippen LogP contribution in [0.2, 0.25) is 0 Å². The summed E-state index contributed by atoms with van der Waals surface area (Å²) in [6.45, 7) is 0. The van der Waals surface area contributed by atoms with E-state index in [2.05, 4.69) is 0 Å². The second-order valence-corrected chi connectivity index (χ2v) is 4.39. The zero-order valence-electron chi connectivity index (χ0n) is 10.2. The van der Waals surface area contributed by atoms with Crippen LogP contribution in [-0.2, 0) is 0 Å². The summed E-state index contributed by atoms with van der Waals surface area (Å²) in [5, 5.41) is 7.42. The van der Waals surface area contributed by atoms with E-state index in [1.54, 1.807) is 24.3 Å². The predicted molar refractivity (Wildman–Crippen MR) is 71.2 cm³/mol. The van der Waals surface area contributed by atoms with E-state index >= 15 is 0 Å². The lowest BCUT2D eigenvalue weighted by Gasteiger charge is -2.17. The molecule has 0 amide bonds. The molecule has 2 aromatic rings. The average Bonchev–Trinajstić information content (AvgIpc) is 2.35. The van der Waals surface area contributed by atoms with Gasteiger partial charge in [-0.25, -0.2) is 8.78 Å². The molecule has 98 valence electrons. The van der Waals surface area contributed by atoms with Crippen LogP contribution in [0, 0.1) is 17.0 Å². The van der Waals surface area contributed by atoms with Crippen LogP contribution in [0.5, 0.6) is 0 Å². The molecule has 0 spiro atoms. The van der Waals surface area contributed by atoms with Crippen molar-refractivity contribution in [3.8, 4) is 0 Å². The fraction of sp³-hybridized carbons (Fsp3) is 0.133. The van der Waals surface area contributed by atoms with E-state index in [4.69, 9.17) is 11.1 Å². The van der Waals surface area contributed by atoms with Crippen molar-refractivity contribution in [1.29, 1.82) is 5.41 Å². The van der Waals surface area contributed by atoms with E-state index in [-0.39, 0.29) is 29.8 Å². The van der Waals surface area contributed by atoms with Crippen molar-refractivity contribution in [3.63, 3.8) is 0 Å². The third-order valence-electron chi connectivity index (χ3n) is 2.93. The van der Waals surface area contributed by atoms with Crippen molar-refractivity contribution >= 4 is 5.84 Å². The third kappa shape index (κ3) is 3.37. The van der Waals surface area contributed by atoms with E-state index in [1.807, 2.05) is 0 Å². The predicted octanol–water partition coefficient (Wildman–Crippen LogP) is 3.42. The van der Waals surface area contributed by atoms with Crippen molar-refractivity contribution in [2.45, 2.75) is 12.3 Å². The molecule has 0 unspecified atom stereocenters. The maximum Gasteiger partial charge on any atom is 0.123 e. The van der Waals surface area contributed by atoms with Crippen LogP contribution in [-0.4, -0.2) is 5.84 Å². The van der Waals surface area contributed by atoms with Crippen LogP contribution in [0.1, 0.15) is 23.5 Å². The Bertz CT molecular complexity index is 551. The molecule has 3 N–H and O–H groups in total. The Morgan fingerprint density at radius 2 is 1.47 bits per heavy atom. The van der Waals surface area contributed by atoms with Gasteiger partial charge in [-0.15, -0.1) is 0 Å². The number of hydrogen-bond donors (Lipinski definition) is 2. The molecule has 19 heavy (non-hydrogen) atoms. The second-order valence-electron chi connectivity index (χ2n) is 4.39. The Balaban J connectivity index is 2.44. The quantitative estimate of drug-likeness (QED) is 0.642. The van der Waals surface area contributed by atoms with Gasteiger partial charge in [0, 0.05) is 12.3 Å². The van der Waals surface area contributed by atoms with Crippen molar-refractivity contribution in [3.05, 3.63) is 71.3 Å². The summed E-state index contributed by atoms with van der Waals surface area (Å²) in [5.74, 6) is -1.05. The van der Waals surface area contributed by atoms with E-state index in [0.29, 0.717) is 11.1 Å². The maximum absolute atomic E-state index is 13.3. The SMILES string of the molecule is N=C(N)CC(c1cccc(F)c1)c1cccc(F)c1. The molecule has 0 bridgehead atoms. The summed E-state index contributed by atoms with van der Waals surface area (Å²) in [5.41, 5.74) is 6.80. The number of rotatable bonds is 4. The standard InChI is InChI=1S/C15H14F2N2/c16-12-5-1-3-10(7-12)14(9-15(18)19)11-4-2-6-13(17)8-11/h1-8,14H,9H2,(H3,18,19). The highest BCUT2D eigenvalue weighted by atomic mass is 19.1. The van der Waals surface area contributed by atoms with E-state index < -0.39 is 0 Å². The van der Waals surface area contributed by atoms with E-state index in [1.165, 1.54) is 24.3 Å². The largest absolute Gasteiger partial charge is 0.388 e. The molecule has 0 atom stereocenters. The molecule has 0 aliphatic rings. The highest BCUT2D eigenvalue weighted by molar-refractivity contribution is 5.78. The molecule has 0 aromatic heterocycles. The number of nitrogens with two attached hydrogens (primary N) is 1. The number of benzene rings is 2. The zero-order valence-corrected chi connectivity index (χ0v) is 10.2. The molecule has 0 saturated heterocycles. The van der Waals surface area contributed by atoms with Gasteiger partial charge in [0.05, 0.1) is 5.84 Å². The molecule has 4 heteroatoms. The summed E-state index contributed by atoms with van der Waals surface area (Å²) < 4.78 is 26.6. The van der Waals surface area contributed by atoms with Crippen molar-refractivity contribution in [2.75, 3.05) is 0 Å². The molecule has 2 rings (SSSR count). The van der Waals surface area contributed by atoms with Gasteiger partial charge in [-0.1, -0.05) is 24.3 Å². The van der Waals surface area contributed by atoms with Gasteiger partial charge in [0.15, 0.2) is 0 Å². The number of hydrogen-bond acceptors (Lipinski definition) is 1. The van der Waals surface area contributed by atoms with Crippen LogP contribution < -0.4 is 5.73 Å². The van der Waals surface area contributed by atoms with Crippen molar-refractivity contribution < 1.29 is 8.78 Å². The molecule has 0 aliphatic heterocycles. The molecule has 2 nitrogen and oxygen atoms in total. The summed E-state index contributed by atoms with van der Waals surface area (Å²) >= 11 is 0. The Morgan fingerprint density at radius 1 is 1.00 bits per heavy atom. The monoisotopic (exact) mass is 260 g/mol. The molecule has 0 fully saturated rings. The molecule has 0 heterocycles. The topological polar surface area (TPSA) is 49.9 Å². The molecular weight excluding hydrogens is 246 g/mol. The smallest absolute Gasteiger partial charge is 0.123 e. The number of amidine groups is 1. The number of halogens is 2. The van der Waals surface area contributed by atoms with Crippen LogP contribution in [0.25, 0.3) is 0 Å². The summed E-state index contributed by atoms with van der Waals surface area (Å²) in [7, 11) is 0. The summed E-state index contributed by atoms with van der Waals surface area (Å²) in [4.78, 5) is 0. The van der Waals surface area contributed by atoms with Gasteiger partial charge in [0.25, 0.3) is 0 Å². The Labute approximate surface area is 110 Å². The van der Waals surface area contributed by atoms with Gasteiger partial charge >= 0.3 is 0 Å². The molecule has 0 saturated carbocycles. The first-order valence-corrected chi connectivity index (χ1v) is 5.90. The Hall–Kier alpha value is -2.23. The van der Waals surface area contributed by atoms with Gasteiger partial charge in [0.1, 0.15) is 11.6 Å². The minimum Gasteiger partial charge on any atom is -0.388 e. The van der Waals surface area contributed by atoms with Crippen LogP contribution >= 0.6 is 0 Å². The molecule has 0 radical (unpaired) electrons. The molecular formula is C15H14F2N2. The van der Waals surface area contributed by atoms with Crippen LogP contribution in [0.3, 0.4) is 0 Å². The lowest BCUT2D eigenvalue weighted by atomic mass is 9.88. The number of nitrogens with one attached hydrogen (secondary N) is 1. The Morgan fingerprint density at radius 3 is 1.84 bits per heavy atom. The zero-order chi connectivity index (χ0) is 13.8. The lowest BCUT2D eigenvalue weighted by Crippen LogP contribution is -2.15. The highest BCUT2D eigenvalue weighted by Gasteiger charge is 2.16. The summed E-state index contributed by atoms with van der Waals surface area (Å²) in [6, 6.07) is 12.2. The van der Waals surface area contributed by atoms with E-state index in [9.17, 15) is 8.78 Å². The van der Waals surface area contributed by atoms with Crippen LogP contribution in [0.15, 0.2) is 48.5 Å². The first kappa shape index (κ1) is 13.2. The maximum atomic E-state index is 13.3. The first-order valence-electron chi connectivity index (χ1n) is 5.90. The van der Waals surface area contributed by atoms with Crippen LogP contribution in [0.4, 0.5) is 8.78 Å². The fourth-order valence-corrected chi connectivity index (χ4v) is 2.09. The first-order chi connectivity index (χ1) is 9.06. The van der Waals surface area contributed by atoms with Gasteiger partial charge < -0.3 is 5.73 Å². The highest BCUT2D eigenvalue weighted by Crippen LogP contribution is 2.28. The second kappa shape index (κ2) is 5.61. The van der Waals surface area contributed by atoms with Gasteiger partial charge in [-0.3, -0.25) is 5.41 Å². The fourth-order valence-electron chi connectivity index (χ4n) is 2.09. The van der Waals surface area contributed by atoms with Crippen molar-refractivity contribution in [1.82, 2.24) is 0 Å². The van der Waals surface area contributed by atoms with Crippen molar-refractivity contribution in [2.24, 2.45) is 5.73 Å². The minimum atomic E-state index is -0.359. The van der Waals surface area contributed by atoms with E-state index in [0.717, 1.165) is 0 Å². The Kier molecular flexibility index (Phi) is 3.90. The third-order valence-corrected chi connectivity index (χ3v) is 2.93. The molecule has 0 aliphatic carbocycles. The minimum absolute atomic E-state index is 0.0153. The average molecular weight is 260 g/mol. The van der Waals surface area contributed by atoms with Gasteiger partial charge in [-0.05, 0) is 35.4 Å². The van der Waals surface area contributed by atoms with Gasteiger partial charge in [-0.2, -0.15) is 0 Å². The molecule has 2 aromatic carbocycles.